The molecule has 0 bridgehead atoms. The summed E-state index contributed by atoms with van der Waals surface area (Å²) < 4.78 is 39.8. The fourth-order valence-electron chi connectivity index (χ4n) is 2.15. The molecule has 0 saturated carbocycles. The summed E-state index contributed by atoms with van der Waals surface area (Å²) in [6, 6.07) is 13.9. The van der Waals surface area contributed by atoms with Crippen LogP contribution >= 0.6 is 0 Å². The minimum Gasteiger partial charge on any atom is -0.347 e. The largest absolute Gasteiger partial charge is 0.347 e. The summed E-state index contributed by atoms with van der Waals surface area (Å²) in [4.78, 5) is 12.0. The lowest BCUT2D eigenvalue weighted by Crippen LogP contribution is -2.24. The number of carbonyl (C=O) groups excluding carboxylic acids is 1. The highest BCUT2D eigenvalue weighted by molar-refractivity contribution is 5.92. The van der Waals surface area contributed by atoms with E-state index in [0.717, 1.165) is 17.7 Å². The molecule has 0 aliphatic rings. The van der Waals surface area contributed by atoms with Crippen molar-refractivity contribution < 1.29 is 18.0 Å². The van der Waals surface area contributed by atoms with Crippen LogP contribution in [0.4, 0.5) is 24.7 Å². The highest BCUT2D eigenvalue weighted by Crippen LogP contribution is 2.22. The second-order valence-electron chi connectivity index (χ2n) is 5.32. The van der Waals surface area contributed by atoms with Crippen LogP contribution in [0.15, 0.2) is 54.6 Å². The number of nitrogens with one attached hydrogen (secondary N) is 2. The van der Waals surface area contributed by atoms with Crippen LogP contribution in [0.25, 0.3) is 0 Å². The minimum atomic E-state index is -1.58. The Morgan fingerprint density at radius 1 is 0.885 bits per heavy atom. The zero-order valence-corrected chi connectivity index (χ0v) is 13.3. The number of carbonyl (C=O) groups is 1. The van der Waals surface area contributed by atoms with E-state index in [4.69, 9.17) is 0 Å². The van der Waals surface area contributed by atoms with E-state index < -0.39 is 23.4 Å². The van der Waals surface area contributed by atoms with Gasteiger partial charge in [0, 0.05) is 6.54 Å². The van der Waals surface area contributed by atoms with Gasteiger partial charge in [0.15, 0.2) is 29.0 Å². The van der Waals surface area contributed by atoms with Gasteiger partial charge in [0.1, 0.15) is 0 Å². The number of aromatic nitrogens is 2. The lowest BCUT2D eigenvalue weighted by molar-refractivity contribution is 0.0945. The Kier molecular flexibility index (Phi) is 5.12. The molecule has 3 aromatic rings. The van der Waals surface area contributed by atoms with E-state index in [1.807, 2.05) is 30.3 Å². The smallest absolute Gasteiger partial charge is 0.272 e. The number of nitrogens with zero attached hydrogens (tertiary/aromatic N) is 2. The van der Waals surface area contributed by atoms with Crippen molar-refractivity contribution >= 4 is 17.4 Å². The Labute approximate surface area is 146 Å². The first-order valence-corrected chi connectivity index (χ1v) is 7.61. The van der Waals surface area contributed by atoms with Gasteiger partial charge in [-0.15, -0.1) is 10.2 Å². The van der Waals surface area contributed by atoms with Gasteiger partial charge in [-0.2, -0.15) is 0 Å². The summed E-state index contributed by atoms with van der Waals surface area (Å²) in [5.41, 5.74) is 0.706. The summed E-state index contributed by atoms with van der Waals surface area (Å²) in [7, 11) is 0. The van der Waals surface area contributed by atoms with Crippen molar-refractivity contribution in [3.05, 3.63) is 83.3 Å². The third-order valence-electron chi connectivity index (χ3n) is 3.49. The van der Waals surface area contributed by atoms with Crippen LogP contribution in [0.2, 0.25) is 0 Å². The van der Waals surface area contributed by atoms with Crippen molar-refractivity contribution in [2.75, 3.05) is 5.32 Å². The summed E-state index contributed by atoms with van der Waals surface area (Å²) in [5, 5.41) is 12.7. The quantitative estimate of drug-likeness (QED) is 0.685. The van der Waals surface area contributed by atoms with Crippen molar-refractivity contribution in [2.45, 2.75) is 6.54 Å². The third kappa shape index (κ3) is 3.97. The van der Waals surface area contributed by atoms with Crippen molar-refractivity contribution in [3.63, 3.8) is 0 Å². The van der Waals surface area contributed by atoms with Crippen molar-refractivity contribution in [3.8, 4) is 0 Å². The van der Waals surface area contributed by atoms with E-state index in [9.17, 15) is 18.0 Å². The summed E-state index contributed by atoms with van der Waals surface area (Å²) >= 11 is 0. The molecule has 0 radical (unpaired) electrons. The highest BCUT2D eigenvalue weighted by atomic mass is 19.2. The number of anilines is 2. The van der Waals surface area contributed by atoms with Crippen LogP contribution in [0.3, 0.4) is 0 Å². The fraction of sp³-hybridized carbons (Fsp3) is 0.0556. The molecular weight excluding hydrogens is 345 g/mol. The number of amides is 1. The summed E-state index contributed by atoms with van der Waals surface area (Å²) in [6.45, 7) is 0.335. The van der Waals surface area contributed by atoms with Crippen molar-refractivity contribution in [2.24, 2.45) is 0 Å². The van der Waals surface area contributed by atoms with Crippen LogP contribution in [-0.4, -0.2) is 16.1 Å². The molecule has 132 valence electrons. The highest BCUT2D eigenvalue weighted by Gasteiger charge is 2.14. The molecule has 8 heteroatoms. The molecule has 0 aliphatic carbocycles. The van der Waals surface area contributed by atoms with Crippen LogP contribution in [0, 0.1) is 17.5 Å². The molecule has 1 heterocycles. The Bertz CT molecular complexity index is 918. The topological polar surface area (TPSA) is 66.9 Å². The molecule has 0 saturated heterocycles. The van der Waals surface area contributed by atoms with Crippen molar-refractivity contribution in [1.29, 1.82) is 0 Å². The number of benzene rings is 2. The molecule has 1 amide bonds. The first kappa shape index (κ1) is 17.4. The Morgan fingerprint density at radius 3 is 2.35 bits per heavy atom. The Hall–Kier alpha value is -3.42. The lowest BCUT2D eigenvalue weighted by atomic mass is 10.2. The second kappa shape index (κ2) is 7.64. The molecule has 2 aromatic carbocycles. The van der Waals surface area contributed by atoms with Gasteiger partial charge in [-0.05, 0) is 29.8 Å². The predicted molar refractivity (Wildman–Crippen MR) is 89.2 cm³/mol. The number of halogens is 3. The predicted octanol–water partition coefficient (Wildman–Crippen LogP) is 3.57. The van der Waals surface area contributed by atoms with E-state index in [0.29, 0.717) is 6.54 Å². The lowest BCUT2D eigenvalue weighted by Gasteiger charge is -2.08. The third-order valence-corrected chi connectivity index (χ3v) is 3.49. The standard InChI is InChI=1S/C18H13F3N4O/c19-12-6-7-13(17(21)16(12)20)23-15-9-8-14(24-25-15)18(26)22-10-11-4-2-1-3-5-11/h1-9H,10H2,(H,22,26)(H,23,25). The maximum Gasteiger partial charge on any atom is 0.272 e. The molecule has 0 spiro atoms. The van der Waals surface area contributed by atoms with Gasteiger partial charge < -0.3 is 10.6 Å². The maximum atomic E-state index is 13.6. The van der Waals surface area contributed by atoms with E-state index in [1.54, 1.807) is 0 Å². The molecule has 0 atom stereocenters. The van der Waals surface area contributed by atoms with Crippen LogP contribution in [0.1, 0.15) is 16.1 Å². The monoisotopic (exact) mass is 358 g/mol. The molecule has 0 fully saturated rings. The van der Waals surface area contributed by atoms with Crippen LogP contribution in [0.5, 0.6) is 0 Å². The first-order valence-electron chi connectivity index (χ1n) is 7.61. The minimum absolute atomic E-state index is 0.0669. The summed E-state index contributed by atoms with van der Waals surface area (Å²) in [6.07, 6.45) is 0. The van der Waals surface area contributed by atoms with E-state index in [1.165, 1.54) is 12.1 Å². The normalized spacial score (nSPS) is 10.4. The molecule has 5 nitrogen and oxygen atoms in total. The average molecular weight is 358 g/mol. The molecule has 1 aromatic heterocycles. The zero-order valence-electron chi connectivity index (χ0n) is 13.3. The maximum absolute atomic E-state index is 13.6. The van der Waals surface area contributed by atoms with E-state index >= 15 is 0 Å². The van der Waals surface area contributed by atoms with Gasteiger partial charge in [0.05, 0.1) is 5.69 Å². The Morgan fingerprint density at radius 2 is 1.65 bits per heavy atom. The SMILES string of the molecule is O=C(NCc1ccccc1)c1ccc(Nc2ccc(F)c(F)c2F)nn1. The van der Waals surface area contributed by atoms with E-state index in [2.05, 4.69) is 20.8 Å². The summed E-state index contributed by atoms with van der Waals surface area (Å²) in [5.74, 6) is -4.58. The van der Waals surface area contributed by atoms with Gasteiger partial charge in [-0.3, -0.25) is 4.79 Å². The van der Waals surface area contributed by atoms with E-state index in [-0.39, 0.29) is 17.2 Å². The Balaban J connectivity index is 1.65. The number of hydrogen-bond donors (Lipinski definition) is 2. The van der Waals surface area contributed by atoms with Gasteiger partial charge in [0.25, 0.3) is 5.91 Å². The average Bonchev–Trinajstić information content (AvgIpc) is 2.68. The van der Waals surface area contributed by atoms with Gasteiger partial charge in [-0.25, -0.2) is 13.2 Å². The number of hydrogen-bond acceptors (Lipinski definition) is 4. The molecule has 26 heavy (non-hydrogen) atoms. The number of rotatable bonds is 5. The fourth-order valence-corrected chi connectivity index (χ4v) is 2.15. The zero-order chi connectivity index (χ0) is 18.5. The first-order chi connectivity index (χ1) is 12.5. The van der Waals surface area contributed by atoms with Gasteiger partial charge in [-0.1, -0.05) is 30.3 Å². The molecular formula is C18H13F3N4O. The molecule has 3 rings (SSSR count). The van der Waals surface area contributed by atoms with Gasteiger partial charge >= 0.3 is 0 Å². The van der Waals surface area contributed by atoms with Crippen LogP contribution < -0.4 is 10.6 Å². The molecule has 0 unspecified atom stereocenters. The van der Waals surface area contributed by atoms with Crippen LogP contribution in [-0.2, 0) is 6.54 Å². The van der Waals surface area contributed by atoms with Gasteiger partial charge in [0.2, 0.25) is 0 Å². The van der Waals surface area contributed by atoms with Crippen molar-refractivity contribution in [1.82, 2.24) is 15.5 Å². The second-order valence-corrected chi connectivity index (χ2v) is 5.32. The molecule has 0 aliphatic heterocycles. The molecule has 2 N–H and O–H groups in total.